The maximum absolute atomic E-state index is 4.19. The van der Waals surface area contributed by atoms with Crippen molar-refractivity contribution in [2.24, 2.45) is 0 Å². The van der Waals surface area contributed by atoms with Gasteiger partial charge in [0.05, 0.1) is 0 Å². The zero-order chi connectivity index (χ0) is 39.4. The molecule has 0 saturated carbocycles. The van der Waals surface area contributed by atoms with Crippen LogP contribution < -0.4 is 9.80 Å². The van der Waals surface area contributed by atoms with Crippen LogP contribution in [-0.2, 0) is 0 Å². The van der Waals surface area contributed by atoms with Gasteiger partial charge in [-0.25, -0.2) is 0 Å². The minimum Gasteiger partial charge on any atom is -0.311 e. The number of allylic oxidation sites excluding steroid dienone is 12. The van der Waals surface area contributed by atoms with Crippen LogP contribution in [0.1, 0.15) is 44.7 Å². The van der Waals surface area contributed by atoms with E-state index in [4.69, 9.17) is 0 Å². The minimum atomic E-state index is 1.01. The summed E-state index contributed by atoms with van der Waals surface area (Å²) in [5, 5.41) is 0. The van der Waals surface area contributed by atoms with Crippen molar-refractivity contribution in [2.45, 2.75) is 33.6 Å². The van der Waals surface area contributed by atoms with E-state index in [1.807, 2.05) is 26.0 Å². The van der Waals surface area contributed by atoms with E-state index < -0.39 is 0 Å². The lowest BCUT2D eigenvalue weighted by atomic mass is 9.96. The van der Waals surface area contributed by atoms with E-state index in [0.717, 1.165) is 52.5 Å². The highest BCUT2D eigenvalue weighted by Crippen LogP contribution is 2.38. The maximum atomic E-state index is 4.19. The molecule has 6 aromatic rings. The Morgan fingerprint density at radius 2 is 1.14 bits per heavy atom. The van der Waals surface area contributed by atoms with Gasteiger partial charge >= 0.3 is 0 Å². The van der Waals surface area contributed by atoms with Crippen molar-refractivity contribution in [1.29, 1.82) is 0 Å². The van der Waals surface area contributed by atoms with Gasteiger partial charge in [0.1, 0.15) is 0 Å². The highest BCUT2D eigenvalue weighted by Gasteiger charge is 2.16. The van der Waals surface area contributed by atoms with Crippen LogP contribution in [0.5, 0.6) is 0 Å². The predicted molar refractivity (Wildman–Crippen MR) is 248 cm³/mol. The third-order valence-corrected chi connectivity index (χ3v) is 10.3. The molecule has 0 atom stereocenters. The first-order valence-electron chi connectivity index (χ1n) is 19.8. The van der Waals surface area contributed by atoms with Crippen molar-refractivity contribution in [2.75, 3.05) is 9.80 Å². The molecule has 0 aliphatic heterocycles. The quantitative estimate of drug-likeness (QED) is 0.109. The fourth-order valence-corrected chi connectivity index (χ4v) is 7.30. The molecule has 0 spiro atoms. The van der Waals surface area contributed by atoms with Crippen LogP contribution in [-0.4, -0.2) is 0 Å². The van der Waals surface area contributed by atoms with Gasteiger partial charge in [0, 0.05) is 34.1 Å². The van der Waals surface area contributed by atoms with Gasteiger partial charge < -0.3 is 9.80 Å². The molecule has 0 heterocycles. The van der Waals surface area contributed by atoms with Gasteiger partial charge in [0.25, 0.3) is 0 Å². The van der Waals surface area contributed by atoms with Gasteiger partial charge in [-0.1, -0.05) is 140 Å². The largest absolute Gasteiger partial charge is 0.311 e. The van der Waals surface area contributed by atoms with E-state index in [-0.39, 0.29) is 0 Å². The molecule has 1 aliphatic rings. The van der Waals surface area contributed by atoms with Crippen molar-refractivity contribution in [3.8, 4) is 22.3 Å². The molecule has 1 aliphatic carbocycles. The van der Waals surface area contributed by atoms with Crippen LogP contribution in [0.15, 0.2) is 225 Å². The maximum Gasteiger partial charge on any atom is 0.0467 e. The summed E-state index contributed by atoms with van der Waals surface area (Å²) in [5.74, 6) is 0. The lowest BCUT2D eigenvalue weighted by molar-refractivity contribution is 1.05. The number of benzene rings is 6. The molecule has 0 amide bonds. The molecule has 7 rings (SSSR count). The molecule has 0 N–H and O–H groups in total. The van der Waals surface area contributed by atoms with Crippen LogP contribution in [0.4, 0.5) is 28.4 Å². The molecule has 280 valence electrons. The Morgan fingerprint density at radius 3 is 1.81 bits per heavy atom. The zero-order valence-corrected chi connectivity index (χ0v) is 33.2. The molecule has 0 fully saturated rings. The molecule has 0 unspecified atom stereocenters. The second-order valence-corrected chi connectivity index (χ2v) is 14.1. The summed E-state index contributed by atoms with van der Waals surface area (Å²) in [6, 6.07) is 54.8. The minimum absolute atomic E-state index is 1.01. The first-order chi connectivity index (χ1) is 28.1. The third-order valence-electron chi connectivity index (χ3n) is 10.3. The number of hydrogen-bond acceptors (Lipinski definition) is 2. The summed E-state index contributed by atoms with van der Waals surface area (Å²) in [7, 11) is 0. The SMILES string of the molecule is C=C/C(=C\C=C/C)N(c1ccc(-c2cccc(-c3ccc(N(c4ccccc4)c4cccc(/C(C)=C/C=C\C)c4)cc3)c2)cc1)c1cccc(C2=CC=CCC2)c1. The summed E-state index contributed by atoms with van der Waals surface area (Å²) in [6.07, 6.45) is 23.2. The van der Waals surface area contributed by atoms with Gasteiger partial charge in [0.15, 0.2) is 0 Å². The zero-order valence-electron chi connectivity index (χ0n) is 33.2. The van der Waals surface area contributed by atoms with E-state index in [0.29, 0.717) is 0 Å². The number of hydrogen-bond donors (Lipinski definition) is 0. The lowest BCUT2D eigenvalue weighted by Gasteiger charge is -2.27. The fraction of sp³-hybridized carbons (Fsp3) is 0.0909. The van der Waals surface area contributed by atoms with Crippen molar-refractivity contribution >= 4 is 39.6 Å². The molecule has 0 radical (unpaired) electrons. The number of rotatable bonds is 13. The number of anilines is 5. The first-order valence-corrected chi connectivity index (χ1v) is 19.8. The molecule has 2 heteroatoms. The monoisotopic (exact) mass is 738 g/mol. The van der Waals surface area contributed by atoms with Crippen LogP contribution in [0, 0.1) is 0 Å². The van der Waals surface area contributed by atoms with Gasteiger partial charge in [-0.15, -0.1) is 0 Å². The smallest absolute Gasteiger partial charge is 0.0467 e. The van der Waals surface area contributed by atoms with E-state index in [1.165, 1.54) is 39.0 Å². The Labute approximate surface area is 339 Å². The summed E-state index contributed by atoms with van der Waals surface area (Å²) < 4.78 is 0. The van der Waals surface area contributed by atoms with Crippen LogP contribution >= 0.6 is 0 Å². The second-order valence-electron chi connectivity index (χ2n) is 14.1. The van der Waals surface area contributed by atoms with E-state index in [2.05, 4.69) is 224 Å². The van der Waals surface area contributed by atoms with Crippen molar-refractivity contribution in [3.05, 3.63) is 236 Å². The van der Waals surface area contributed by atoms with E-state index >= 15 is 0 Å². The molecule has 57 heavy (non-hydrogen) atoms. The van der Waals surface area contributed by atoms with Crippen LogP contribution in [0.25, 0.3) is 33.4 Å². The molecule has 0 bridgehead atoms. The summed E-state index contributed by atoms with van der Waals surface area (Å²) in [6.45, 7) is 10.4. The topological polar surface area (TPSA) is 6.48 Å². The van der Waals surface area contributed by atoms with E-state index in [1.54, 1.807) is 0 Å². The highest BCUT2D eigenvalue weighted by molar-refractivity contribution is 5.82. The standard InChI is InChI=1S/C55H50N2/c1-5-8-19-42(4)46-22-17-29-54(40-46)57(51-27-14-11-15-28-51)53-37-33-45(34-38-53)48-24-16-23-47(39-48)44-31-35-52(36-32-44)56(50(7-3)26-9-6-2)55-30-18-25-49(41-55)43-20-12-10-13-21-43/h5-12,14-20,22-41H,3,13,21H2,1-2,4H3/b8-5-,9-6-,42-19+,50-26+. The lowest BCUT2D eigenvalue weighted by Crippen LogP contribution is -2.15. The Kier molecular flexibility index (Phi) is 12.5. The molecule has 0 aromatic heterocycles. The Bertz CT molecular complexity index is 2490. The Balaban J connectivity index is 1.18. The molecular weight excluding hydrogens is 689 g/mol. The average Bonchev–Trinajstić information content (AvgIpc) is 3.28. The van der Waals surface area contributed by atoms with Gasteiger partial charge in [-0.2, -0.15) is 0 Å². The van der Waals surface area contributed by atoms with Gasteiger partial charge in [-0.05, 0) is 157 Å². The molecule has 6 aromatic carbocycles. The van der Waals surface area contributed by atoms with Crippen LogP contribution in [0.3, 0.4) is 0 Å². The fourth-order valence-electron chi connectivity index (χ4n) is 7.30. The van der Waals surface area contributed by atoms with E-state index in [9.17, 15) is 0 Å². The molecule has 2 nitrogen and oxygen atoms in total. The van der Waals surface area contributed by atoms with Gasteiger partial charge in [-0.3, -0.25) is 0 Å². The molecule has 0 saturated heterocycles. The molecular formula is C55H50N2. The third kappa shape index (κ3) is 9.15. The summed E-state index contributed by atoms with van der Waals surface area (Å²) >= 11 is 0. The normalized spacial score (nSPS) is 13.2. The summed E-state index contributed by atoms with van der Waals surface area (Å²) in [4.78, 5) is 4.61. The van der Waals surface area contributed by atoms with Crippen molar-refractivity contribution in [1.82, 2.24) is 0 Å². The average molecular weight is 739 g/mol. The van der Waals surface area contributed by atoms with Crippen molar-refractivity contribution < 1.29 is 0 Å². The van der Waals surface area contributed by atoms with Crippen molar-refractivity contribution in [3.63, 3.8) is 0 Å². The number of para-hydroxylation sites is 1. The highest BCUT2D eigenvalue weighted by atomic mass is 15.1. The Morgan fingerprint density at radius 1 is 0.544 bits per heavy atom. The second kappa shape index (κ2) is 18.6. The predicted octanol–water partition coefficient (Wildman–Crippen LogP) is 16.0. The first kappa shape index (κ1) is 38.4. The summed E-state index contributed by atoms with van der Waals surface area (Å²) in [5.41, 5.74) is 16.3. The van der Waals surface area contributed by atoms with Gasteiger partial charge in [0.2, 0.25) is 0 Å². The Hall–Kier alpha value is -6.90. The van der Waals surface area contributed by atoms with Crippen LogP contribution in [0.2, 0.25) is 0 Å². The number of nitrogens with zero attached hydrogens (tertiary/aromatic N) is 2.